The summed E-state index contributed by atoms with van der Waals surface area (Å²) in [6.07, 6.45) is 0. The summed E-state index contributed by atoms with van der Waals surface area (Å²) >= 11 is 0. The van der Waals surface area contributed by atoms with E-state index in [2.05, 4.69) is 65.5 Å². The van der Waals surface area contributed by atoms with Gasteiger partial charge in [-0.2, -0.15) is 0 Å². The lowest BCUT2D eigenvalue weighted by atomic mass is 10.2. The van der Waals surface area contributed by atoms with Crippen molar-refractivity contribution in [3.8, 4) is 0 Å². The summed E-state index contributed by atoms with van der Waals surface area (Å²) in [7, 11) is 0. The Labute approximate surface area is 158 Å². The zero-order valence-corrected chi connectivity index (χ0v) is 16.6. The van der Waals surface area contributed by atoms with Crippen LogP contribution in [0.4, 0.5) is 5.69 Å². The third-order valence-corrected chi connectivity index (χ3v) is 4.56. The van der Waals surface area contributed by atoms with Gasteiger partial charge >= 0.3 is 0 Å². The monoisotopic (exact) mass is 361 g/mol. The SMILES string of the molecule is CCNC(=NCCN1CCOCC1)NCCN(CC)c1cccc(C)c1. The smallest absolute Gasteiger partial charge is 0.191 e. The number of hydrogen-bond donors (Lipinski definition) is 2. The number of nitrogens with zero attached hydrogens (tertiary/aromatic N) is 3. The first kappa shape index (κ1) is 20.5. The lowest BCUT2D eigenvalue weighted by molar-refractivity contribution is 0.0394. The summed E-state index contributed by atoms with van der Waals surface area (Å²) in [4.78, 5) is 9.51. The molecule has 0 radical (unpaired) electrons. The molecule has 0 amide bonds. The average Bonchev–Trinajstić information content (AvgIpc) is 2.66. The third kappa shape index (κ3) is 7.22. The Balaban J connectivity index is 1.77. The van der Waals surface area contributed by atoms with Crippen molar-refractivity contribution in [2.75, 3.05) is 70.5 Å². The van der Waals surface area contributed by atoms with Crippen LogP contribution in [0, 0.1) is 6.92 Å². The van der Waals surface area contributed by atoms with E-state index in [1.165, 1.54) is 11.3 Å². The maximum absolute atomic E-state index is 5.39. The highest BCUT2D eigenvalue weighted by molar-refractivity contribution is 5.79. The van der Waals surface area contributed by atoms with E-state index in [4.69, 9.17) is 9.73 Å². The predicted octanol–water partition coefficient (Wildman–Crippen LogP) is 1.71. The van der Waals surface area contributed by atoms with Gasteiger partial charge in [-0.1, -0.05) is 12.1 Å². The summed E-state index contributed by atoms with van der Waals surface area (Å²) in [5.74, 6) is 0.904. The molecule has 0 spiro atoms. The Kier molecular flexibility index (Phi) is 9.28. The highest BCUT2D eigenvalue weighted by atomic mass is 16.5. The topological polar surface area (TPSA) is 52.1 Å². The summed E-state index contributed by atoms with van der Waals surface area (Å²) in [5, 5.41) is 6.80. The maximum atomic E-state index is 5.39. The molecule has 0 aliphatic carbocycles. The van der Waals surface area contributed by atoms with Gasteiger partial charge in [0.2, 0.25) is 0 Å². The minimum Gasteiger partial charge on any atom is -0.379 e. The van der Waals surface area contributed by atoms with Crippen LogP contribution in [-0.4, -0.2) is 76.4 Å². The first-order chi connectivity index (χ1) is 12.7. The molecule has 6 heteroatoms. The molecule has 1 fully saturated rings. The number of aryl methyl sites for hydroxylation is 1. The number of rotatable bonds is 9. The second kappa shape index (κ2) is 11.8. The average molecular weight is 362 g/mol. The van der Waals surface area contributed by atoms with Crippen molar-refractivity contribution in [2.24, 2.45) is 4.99 Å². The van der Waals surface area contributed by atoms with E-state index in [0.29, 0.717) is 0 Å². The summed E-state index contributed by atoms with van der Waals surface area (Å²) in [6.45, 7) is 15.6. The molecule has 0 bridgehead atoms. The molecule has 26 heavy (non-hydrogen) atoms. The highest BCUT2D eigenvalue weighted by Gasteiger charge is 2.09. The van der Waals surface area contributed by atoms with E-state index in [-0.39, 0.29) is 0 Å². The molecule has 1 heterocycles. The first-order valence-corrected chi connectivity index (χ1v) is 9.86. The van der Waals surface area contributed by atoms with E-state index < -0.39 is 0 Å². The van der Waals surface area contributed by atoms with Crippen molar-refractivity contribution in [3.05, 3.63) is 29.8 Å². The largest absolute Gasteiger partial charge is 0.379 e. The summed E-state index contributed by atoms with van der Waals surface area (Å²) < 4.78 is 5.39. The lowest BCUT2D eigenvalue weighted by Crippen LogP contribution is -2.42. The van der Waals surface area contributed by atoms with Crippen LogP contribution in [0.5, 0.6) is 0 Å². The molecule has 1 aromatic rings. The van der Waals surface area contributed by atoms with Gasteiger partial charge in [0.05, 0.1) is 19.8 Å². The minimum atomic E-state index is 0.810. The molecule has 1 aliphatic rings. The maximum Gasteiger partial charge on any atom is 0.191 e. The van der Waals surface area contributed by atoms with E-state index in [0.717, 1.165) is 71.5 Å². The number of aliphatic imine (C=N–C) groups is 1. The van der Waals surface area contributed by atoms with Crippen LogP contribution in [0.1, 0.15) is 19.4 Å². The Morgan fingerprint density at radius 2 is 2.04 bits per heavy atom. The Hall–Kier alpha value is -1.79. The van der Waals surface area contributed by atoms with E-state index >= 15 is 0 Å². The Bertz CT molecular complexity index is 543. The fraction of sp³-hybridized carbons (Fsp3) is 0.650. The number of guanidine groups is 1. The number of benzene rings is 1. The number of morpholine rings is 1. The third-order valence-electron chi connectivity index (χ3n) is 4.56. The van der Waals surface area contributed by atoms with Gasteiger partial charge in [-0.25, -0.2) is 0 Å². The molecule has 6 nitrogen and oxygen atoms in total. The number of nitrogens with one attached hydrogen (secondary N) is 2. The van der Waals surface area contributed by atoms with Crippen LogP contribution in [0.3, 0.4) is 0 Å². The molecule has 0 saturated carbocycles. The molecule has 0 unspecified atom stereocenters. The normalized spacial score (nSPS) is 15.7. The van der Waals surface area contributed by atoms with E-state index in [1.54, 1.807) is 0 Å². The molecule has 1 aliphatic heterocycles. The lowest BCUT2D eigenvalue weighted by Gasteiger charge is -2.26. The van der Waals surface area contributed by atoms with Crippen molar-refractivity contribution >= 4 is 11.6 Å². The molecule has 0 atom stereocenters. The second-order valence-corrected chi connectivity index (χ2v) is 6.56. The first-order valence-electron chi connectivity index (χ1n) is 9.86. The van der Waals surface area contributed by atoms with Gasteiger partial charge in [-0.05, 0) is 38.5 Å². The second-order valence-electron chi connectivity index (χ2n) is 6.56. The van der Waals surface area contributed by atoms with Gasteiger partial charge in [-0.15, -0.1) is 0 Å². The molecular weight excluding hydrogens is 326 g/mol. The van der Waals surface area contributed by atoms with Crippen LogP contribution < -0.4 is 15.5 Å². The Morgan fingerprint density at radius 3 is 2.73 bits per heavy atom. The fourth-order valence-electron chi connectivity index (χ4n) is 3.07. The van der Waals surface area contributed by atoms with Crippen molar-refractivity contribution in [2.45, 2.75) is 20.8 Å². The molecule has 0 aromatic heterocycles. The van der Waals surface area contributed by atoms with Crippen LogP contribution >= 0.6 is 0 Å². The van der Waals surface area contributed by atoms with Gasteiger partial charge in [0, 0.05) is 51.5 Å². The molecule has 2 rings (SSSR count). The van der Waals surface area contributed by atoms with Gasteiger partial charge < -0.3 is 20.3 Å². The number of likely N-dealkylation sites (N-methyl/N-ethyl adjacent to an activating group) is 1. The van der Waals surface area contributed by atoms with Crippen LogP contribution in [0.15, 0.2) is 29.3 Å². The number of ether oxygens (including phenoxy) is 1. The standard InChI is InChI=1S/C20H35N5O/c1-4-21-20(22-9-11-24-13-15-26-16-14-24)23-10-12-25(5-2)19-8-6-7-18(3)17-19/h6-8,17H,4-5,9-16H2,1-3H3,(H2,21,22,23). The van der Waals surface area contributed by atoms with Gasteiger partial charge in [0.1, 0.15) is 0 Å². The number of anilines is 1. The quantitative estimate of drug-likeness (QED) is 0.518. The highest BCUT2D eigenvalue weighted by Crippen LogP contribution is 2.14. The van der Waals surface area contributed by atoms with Crippen LogP contribution in [-0.2, 0) is 4.74 Å². The molecule has 1 aromatic carbocycles. The molecule has 146 valence electrons. The van der Waals surface area contributed by atoms with Gasteiger partial charge in [0.25, 0.3) is 0 Å². The van der Waals surface area contributed by atoms with E-state index in [1.807, 2.05) is 0 Å². The van der Waals surface area contributed by atoms with Crippen molar-refractivity contribution in [1.29, 1.82) is 0 Å². The fourth-order valence-corrected chi connectivity index (χ4v) is 3.07. The minimum absolute atomic E-state index is 0.810. The van der Waals surface area contributed by atoms with Crippen LogP contribution in [0.2, 0.25) is 0 Å². The molecular formula is C20H35N5O. The number of hydrogen-bond acceptors (Lipinski definition) is 4. The summed E-state index contributed by atoms with van der Waals surface area (Å²) in [6, 6.07) is 8.68. The molecule has 1 saturated heterocycles. The van der Waals surface area contributed by atoms with Gasteiger partial charge in [-0.3, -0.25) is 9.89 Å². The summed E-state index contributed by atoms with van der Waals surface area (Å²) in [5.41, 5.74) is 2.58. The van der Waals surface area contributed by atoms with Crippen molar-refractivity contribution < 1.29 is 4.74 Å². The predicted molar refractivity (Wildman–Crippen MR) is 110 cm³/mol. The van der Waals surface area contributed by atoms with Crippen molar-refractivity contribution in [3.63, 3.8) is 0 Å². The van der Waals surface area contributed by atoms with Crippen molar-refractivity contribution in [1.82, 2.24) is 15.5 Å². The Morgan fingerprint density at radius 1 is 1.23 bits per heavy atom. The van der Waals surface area contributed by atoms with Gasteiger partial charge in [0.15, 0.2) is 5.96 Å². The zero-order chi connectivity index (χ0) is 18.6. The zero-order valence-electron chi connectivity index (χ0n) is 16.6. The molecule has 2 N–H and O–H groups in total. The van der Waals surface area contributed by atoms with E-state index in [9.17, 15) is 0 Å². The van der Waals surface area contributed by atoms with Crippen LogP contribution in [0.25, 0.3) is 0 Å².